The molecule has 0 bridgehead atoms. The molecular formula is C17H29N5O3. The van der Waals surface area contributed by atoms with Crippen molar-refractivity contribution in [3.8, 4) is 0 Å². The zero-order valence-electron chi connectivity index (χ0n) is 15.4. The molecule has 2 aliphatic rings. The maximum Gasteiger partial charge on any atom is 0.225 e. The van der Waals surface area contributed by atoms with Crippen LogP contribution in [-0.4, -0.2) is 81.8 Å². The first-order chi connectivity index (χ1) is 11.9. The molecule has 0 aromatic carbocycles. The minimum atomic E-state index is -0.794. The average Bonchev–Trinajstić information content (AvgIpc) is 2.91. The van der Waals surface area contributed by atoms with Crippen molar-refractivity contribution in [3.63, 3.8) is 0 Å². The van der Waals surface area contributed by atoms with Gasteiger partial charge in [-0.3, -0.25) is 9.48 Å². The minimum absolute atomic E-state index is 0.00297. The first-order valence-electron chi connectivity index (χ1n) is 8.99. The summed E-state index contributed by atoms with van der Waals surface area (Å²) in [7, 11) is 5.91. The highest BCUT2D eigenvalue weighted by molar-refractivity contribution is 5.77. The number of carbonyl (C=O) groups excluding carboxylic acids is 1. The van der Waals surface area contributed by atoms with Crippen LogP contribution in [0.3, 0.4) is 0 Å². The molecule has 0 spiro atoms. The van der Waals surface area contributed by atoms with E-state index in [1.165, 1.54) is 0 Å². The quantitative estimate of drug-likeness (QED) is 0.703. The average molecular weight is 351 g/mol. The Hall–Kier alpha value is -1.51. The van der Waals surface area contributed by atoms with Crippen molar-refractivity contribution in [3.05, 3.63) is 11.4 Å². The summed E-state index contributed by atoms with van der Waals surface area (Å²) in [6, 6.07) is 0. The van der Waals surface area contributed by atoms with E-state index >= 15 is 0 Å². The lowest BCUT2D eigenvalue weighted by Crippen LogP contribution is -2.46. The van der Waals surface area contributed by atoms with Crippen molar-refractivity contribution in [1.29, 1.82) is 0 Å². The normalized spacial score (nSPS) is 22.0. The molecule has 0 saturated heterocycles. The predicted octanol–water partition coefficient (Wildman–Crippen LogP) is 0.124. The van der Waals surface area contributed by atoms with E-state index in [4.69, 9.17) is 4.74 Å². The molecule has 1 atom stereocenters. The molecule has 1 aromatic rings. The molecule has 8 heteroatoms. The Balaban J connectivity index is 1.64. The Kier molecular flexibility index (Phi) is 5.41. The molecule has 0 radical (unpaired) electrons. The third-order valence-corrected chi connectivity index (χ3v) is 5.23. The third kappa shape index (κ3) is 4.19. The monoisotopic (exact) mass is 351 g/mol. The van der Waals surface area contributed by atoms with Gasteiger partial charge in [0.1, 0.15) is 5.69 Å². The Bertz CT molecular complexity index is 611. The lowest BCUT2D eigenvalue weighted by molar-refractivity contribution is -0.142. The van der Waals surface area contributed by atoms with E-state index in [-0.39, 0.29) is 18.2 Å². The number of nitrogens with zero attached hydrogens (tertiary/aromatic N) is 5. The van der Waals surface area contributed by atoms with Gasteiger partial charge in [-0.25, -0.2) is 0 Å². The van der Waals surface area contributed by atoms with Gasteiger partial charge in [0.05, 0.1) is 37.5 Å². The molecule has 8 nitrogen and oxygen atoms in total. The number of hydrogen-bond acceptors (Lipinski definition) is 6. The van der Waals surface area contributed by atoms with Gasteiger partial charge in [0, 0.05) is 26.1 Å². The van der Waals surface area contributed by atoms with Crippen LogP contribution >= 0.6 is 0 Å². The van der Waals surface area contributed by atoms with Gasteiger partial charge in [0.2, 0.25) is 5.91 Å². The summed E-state index contributed by atoms with van der Waals surface area (Å²) < 4.78 is 7.62. The predicted molar refractivity (Wildman–Crippen MR) is 92.0 cm³/mol. The molecule has 25 heavy (non-hydrogen) atoms. The summed E-state index contributed by atoms with van der Waals surface area (Å²) in [5.74, 6) is 0.0580. The minimum Gasteiger partial charge on any atom is -0.389 e. The van der Waals surface area contributed by atoms with Crippen molar-refractivity contribution in [1.82, 2.24) is 24.8 Å². The summed E-state index contributed by atoms with van der Waals surface area (Å²) in [5.41, 5.74) is 1.09. The van der Waals surface area contributed by atoms with Crippen LogP contribution < -0.4 is 0 Å². The van der Waals surface area contributed by atoms with Crippen molar-refractivity contribution in [2.24, 2.45) is 7.05 Å². The first-order valence-corrected chi connectivity index (χ1v) is 8.99. The van der Waals surface area contributed by atoms with E-state index < -0.39 is 5.60 Å². The Morgan fingerprint density at radius 3 is 2.84 bits per heavy atom. The van der Waals surface area contributed by atoms with E-state index in [0.717, 1.165) is 37.2 Å². The van der Waals surface area contributed by atoms with Gasteiger partial charge in [-0.05, 0) is 33.4 Å². The molecule has 1 fully saturated rings. The van der Waals surface area contributed by atoms with Gasteiger partial charge in [-0.2, -0.15) is 0 Å². The molecule has 1 aliphatic heterocycles. The Morgan fingerprint density at radius 1 is 1.44 bits per heavy atom. The largest absolute Gasteiger partial charge is 0.389 e. The lowest BCUT2D eigenvalue weighted by atomic mass is 9.77. The van der Waals surface area contributed by atoms with E-state index in [0.29, 0.717) is 26.3 Å². The van der Waals surface area contributed by atoms with Crippen molar-refractivity contribution in [2.45, 2.75) is 43.7 Å². The molecule has 1 amide bonds. The van der Waals surface area contributed by atoms with Crippen LogP contribution in [0, 0.1) is 0 Å². The van der Waals surface area contributed by atoms with Crippen LogP contribution in [0.25, 0.3) is 0 Å². The second-order valence-electron chi connectivity index (χ2n) is 7.65. The number of amides is 1. The van der Waals surface area contributed by atoms with E-state index in [9.17, 15) is 9.90 Å². The number of rotatable bonds is 7. The summed E-state index contributed by atoms with van der Waals surface area (Å²) in [5, 5.41) is 18.6. The van der Waals surface area contributed by atoms with Crippen LogP contribution in [0.4, 0.5) is 0 Å². The number of aliphatic hydroxyl groups is 1. The summed E-state index contributed by atoms with van der Waals surface area (Å²) >= 11 is 0. The van der Waals surface area contributed by atoms with Gasteiger partial charge >= 0.3 is 0 Å². The van der Waals surface area contributed by atoms with Crippen molar-refractivity contribution in [2.75, 3.05) is 40.4 Å². The highest BCUT2D eigenvalue weighted by Gasteiger charge is 2.40. The van der Waals surface area contributed by atoms with Gasteiger partial charge in [-0.1, -0.05) is 5.21 Å². The molecule has 1 aromatic heterocycles. The third-order valence-electron chi connectivity index (χ3n) is 5.23. The number of hydrogen-bond donors (Lipinski definition) is 1. The van der Waals surface area contributed by atoms with Crippen LogP contribution in [0.2, 0.25) is 0 Å². The van der Waals surface area contributed by atoms with Crippen LogP contribution in [0.1, 0.15) is 43.0 Å². The molecule has 1 unspecified atom stereocenters. The van der Waals surface area contributed by atoms with E-state index in [2.05, 4.69) is 15.2 Å². The fourth-order valence-corrected chi connectivity index (χ4v) is 3.57. The zero-order valence-corrected chi connectivity index (χ0v) is 15.4. The van der Waals surface area contributed by atoms with Crippen LogP contribution in [0.5, 0.6) is 0 Å². The van der Waals surface area contributed by atoms with Gasteiger partial charge in [-0.15, -0.1) is 5.10 Å². The smallest absolute Gasteiger partial charge is 0.225 e. The van der Waals surface area contributed by atoms with Crippen LogP contribution in [-0.2, 0) is 23.1 Å². The summed E-state index contributed by atoms with van der Waals surface area (Å²) in [4.78, 5) is 16.5. The van der Waals surface area contributed by atoms with Crippen molar-refractivity contribution < 1.29 is 14.6 Å². The summed E-state index contributed by atoms with van der Waals surface area (Å²) in [6.07, 6.45) is 2.65. The molecule has 2 heterocycles. The second kappa shape index (κ2) is 7.39. The van der Waals surface area contributed by atoms with Crippen molar-refractivity contribution >= 4 is 5.91 Å². The molecular weight excluding hydrogens is 322 g/mol. The number of aromatic nitrogens is 3. The van der Waals surface area contributed by atoms with Gasteiger partial charge < -0.3 is 19.6 Å². The highest BCUT2D eigenvalue weighted by Crippen LogP contribution is 2.36. The number of ether oxygens (including phenoxy) is 1. The molecule has 140 valence electrons. The first kappa shape index (κ1) is 18.3. The Labute approximate surface area is 148 Å². The van der Waals surface area contributed by atoms with E-state index in [1.54, 1.807) is 9.58 Å². The number of aryl methyl sites for hydroxylation is 1. The van der Waals surface area contributed by atoms with Gasteiger partial charge in [0.15, 0.2) is 0 Å². The zero-order chi connectivity index (χ0) is 18.0. The highest BCUT2D eigenvalue weighted by atomic mass is 16.5. The number of likely N-dealkylation sites (N-methyl/N-ethyl adjacent to an activating group) is 1. The van der Waals surface area contributed by atoms with E-state index in [1.807, 2.05) is 21.1 Å². The molecule has 1 saturated carbocycles. The Morgan fingerprint density at radius 2 is 2.20 bits per heavy atom. The fraction of sp³-hybridized carbons (Fsp3) is 0.824. The molecule has 3 rings (SSSR count). The summed E-state index contributed by atoms with van der Waals surface area (Å²) in [6.45, 7) is 3.10. The number of carbonyl (C=O) groups is 1. The number of fused-ring (bicyclic) bond motifs is 1. The van der Waals surface area contributed by atoms with Crippen LogP contribution in [0.15, 0.2) is 0 Å². The second-order valence-corrected chi connectivity index (χ2v) is 7.65. The maximum absolute atomic E-state index is 12.7. The topological polar surface area (TPSA) is 83.7 Å². The van der Waals surface area contributed by atoms with Gasteiger partial charge in [0.25, 0.3) is 0 Å². The molecule has 1 aliphatic carbocycles. The maximum atomic E-state index is 12.7. The molecule has 1 N–H and O–H groups in total. The lowest BCUT2D eigenvalue weighted by Gasteiger charge is -2.39. The SMILES string of the molecule is CN(C)CCOCC1CN(C(=O)CC2(O)CCC2)Cc2nnn(C)c21. The standard InChI is InChI=1S/C17H29N5O3/c1-20(2)7-8-25-12-13-10-22(11-14-16(13)21(3)19-18-14)15(23)9-17(24)5-4-6-17/h13,24H,4-12H2,1-3H3. The fourth-order valence-electron chi connectivity index (χ4n) is 3.57.